The number of hydrogen-bond donors (Lipinski definition) is 1. The smallest absolute Gasteiger partial charge is 0.288 e. The van der Waals surface area contributed by atoms with Gasteiger partial charge in [0.05, 0.1) is 4.92 Å². The first-order valence-corrected chi connectivity index (χ1v) is 6.83. The van der Waals surface area contributed by atoms with E-state index in [-0.39, 0.29) is 16.1 Å². The maximum Gasteiger partial charge on any atom is 0.288 e. The van der Waals surface area contributed by atoms with E-state index in [4.69, 9.17) is 11.6 Å². The van der Waals surface area contributed by atoms with Gasteiger partial charge in [0.2, 0.25) is 0 Å². The molecular formula is C14H22ClN3O2. The fourth-order valence-corrected chi connectivity index (χ4v) is 2.48. The highest BCUT2D eigenvalue weighted by atomic mass is 35.5. The molecule has 0 spiro atoms. The van der Waals surface area contributed by atoms with Crippen molar-refractivity contribution in [2.24, 2.45) is 5.41 Å². The summed E-state index contributed by atoms with van der Waals surface area (Å²) in [5.74, 6) is 0. The summed E-state index contributed by atoms with van der Waals surface area (Å²) in [5.41, 5.74) is 1.70. The Morgan fingerprint density at radius 3 is 2.50 bits per heavy atom. The van der Waals surface area contributed by atoms with Gasteiger partial charge in [0, 0.05) is 24.8 Å². The summed E-state index contributed by atoms with van der Waals surface area (Å²) >= 11 is 5.94. The molecule has 6 heteroatoms. The lowest BCUT2D eigenvalue weighted by molar-refractivity contribution is -0.384. The zero-order chi connectivity index (χ0) is 15.5. The topological polar surface area (TPSA) is 58.4 Å². The zero-order valence-corrected chi connectivity index (χ0v) is 13.4. The predicted octanol–water partition coefficient (Wildman–Crippen LogP) is 3.56. The van der Waals surface area contributed by atoms with E-state index >= 15 is 0 Å². The third kappa shape index (κ3) is 4.65. The molecule has 0 radical (unpaired) electrons. The Labute approximate surface area is 125 Å². The first kappa shape index (κ1) is 16.7. The molecule has 1 aromatic carbocycles. The number of anilines is 1. The quantitative estimate of drug-likeness (QED) is 0.644. The summed E-state index contributed by atoms with van der Waals surface area (Å²) in [4.78, 5) is 12.5. The second-order valence-electron chi connectivity index (χ2n) is 6.13. The van der Waals surface area contributed by atoms with Gasteiger partial charge in [-0.2, -0.15) is 0 Å². The summed E-state index contributed by atoms with van der Waals surface area (Å²) in [5, 5.41) is 14.3. The molecule has 1 N–H and O–H groups in total. The first-order chi connectivity index (χ1) is 9.12. The number of aryl methyl sites for hydroxylation is 1. The Morgan fingerprint density at radius 1 is 1.40 bits per heavy atom. The summed E-state index contributed by atoms with van der Waals surface area (Å²) in [6.45, 7) is 7.88. The number of hydrogen-bond acceptors (Lipinski definition) is 4. The Kier molecular flexibility index (Phi) is 5.36. The molecule has 0 aliphatic heterocycles. The van der Waals surface area contributed by atoms with Crippen molar-refractivity contribution in [1.29, 1.82) is 0 Å². The predicted molar refractivity (Wildman–Crippen MR) is 83.7 cm³/mol. The van der Waals surface area contributed by atoms with Crippen LogP contribution in [-0.4, -0.2) is 37.0 Å². The van der Waals surface area contributed by atoms with E-state index in [1.165, 1.54) is 6.07 Å². The molecule has 0 aromatic heterocycles. The highest BCUT2D eigenvalue weighted by Gasteiger charge is 2.20. The SMILES string of the molecule is Cc1cc([N+](=O)[O-])c(Cl)cc1NCC(C)(C)CN(C)C. The second-order valence-corrected chi connectivity index (χ2v) is 6.54. The van der Waals surface area contributed by atoms with E-state index in [1.807, 2.05) is 21.0 Å². The minimum atomic E-state index is -0.463. The molecule has 0 saturated heterocycles. The zero-order valence-electron chi connectivity index (χ0n) is 12.7. The van der Waals surface area contributed by atoms with Crippen molar-refractivity contribution in [3.63, 3.8) is 0 Å². The molecule has 0 aliphatic rings. The standard InChI is InChI=1S/C14H22ClN3O2/c1-10-6-13(18(19)20)11(15)7-12(10)16-8-14(2,3)9-17(4)5/h6-7,16H,8-9H2,1-5H3. The number of nitrogens with zero attached hydrogens (tertiary/aromatic N) is 2. The van der Waals surface area contributed by atoms with Crippen LogP contribution in [0.25, 0.3) is 0 Å². The Morgan fingerprint density at radius 2 is 2.00 bits per heavy atom. The van der Waals surface area contributed by atoms with Crippen LogP contribution >= 0.6 is 11.6 Å². The molecule has 112 valence electrons. The molecule has 5 nitrogen and oxygen atoms in total. The molecule has 0 amide bonds. The van der Waals surface area contributed by atoms with E-state index in [1.54, 1.807) is 6.07 Å². The van der Waals surface area contributed by atoms with Gasteiger partial charge < -0.3 is 10.2 Å². The molecule has 0 bridgehead atoms. The number of halogens is 1. The number of rotatable bonds is 6. The molecule has 0 atom stereocenters. The Hall–Kier alpha value is -1.33. The number of nitro groups is 1. The van der Waals surface area contributed by atoms with Gasteiger partial charge in [-0.3, -0.25) is 10.1 Å². The summed E-state index contributed by atoms with van der Waals surface area (Å²) in [6, 6.07) is 3.13. The largest absolute Gasteiger partial charge is 0.384 e. The number of benzene rings is 1. The highest BCUT2D eigenvalue weighted by molar-refractivity contribution is 6.33. The fourth-order valence-electron chi connectivity index (χ4n) is 2.24. The normalized spacial score (nSPS) is 11.8. The van der Waals surface area contributed by atoms with Gasteiger partial charge in [-0.1, -0.05) is 25.4 Å². The van der Waals surface area contributed by atoms with Crippen LogP contribution in [0.3, 0.4) is 0 Å². The molecule has 0 heterocycles. The van der Waals surface area contributed by atoms with Crippen LogP contribution in [0.5, 0.6) is 0 Å². The van der Waals surface area contributed by atoms with Crippen LogP contribution in [0.1, 0.15) is 19.4 Å². The van der Waals surface area contributed by atoms with Crippen LogP contribution in [0.2, 0.25) is 5.02 Å². The summed E-state index contributed by atoms with van der Waals surface area (Å²) in [6.07, 6.45) is 0. The van der Waals surface area contributed by atoms with Gasteiger partial charge >= 0.3 is 0 Å². The number of nitrogens with one attached hydrogen (secondary N) is 1. The van der Waals surface area contributed by atoms with Crippen molar-refractivity contribution in [3.05, 3.63) is 32.8 Å². The van der Waals surface area contributed by atoms with Crippen molar-refractivity contribution in [2.75, 3.05) is 32.5 Å². The maximum atomic E-state index is 10.8. The number of nitro benzene ring substituents is 1. The van der Waals surface area contributed by atoms with E-state index in [2.05, 4.69) is 24.1 Å². The van der Waals surface area contributed by atoms with E-state index in [0.717, 1.165) is 24.3 Å². The molecule has 0 aliphatic carbocycles. The van der Waals surface area contributed by atoms with E-state index in [9.17, 15) is 10.1 Å². The molecule has 0 unspecified atom stereocenters. The van der Waals surface area contributed by atoms with Crippen LogP contribution in [0.15, 0.2) is 12.1 Å². The summed E-state index contributed by atoms with van der Waals surface area (Å²) < 4.78 is 0. The van der Waals surface area contributed by atoms with Crippen molar-refractivity contribution in [2.45, 2.75) is 20.8 Å². The van der Waals surface area contributed by atoms with Gasteiger partial charge in [0.1, 0.15) is 5.02 Å². The Bertz CT molecular complexity index is 501. The van der Waals surface area contributed by atoms with Crippen molar-refractivity contribution in [1.82, 2.24) is 4.90 Å². The van der Waals surface area contributed by atoms with Gasteiger partial charge in [-0.25, -0.2) is 0 Å². The molecule has 20 heavy (non-hydrogen) atoms. The third-order valence-corrected chi connectivity index (χ3v) is 3.29. The lowest BCUT2D eigenvalue weighted by Gasteiger charge is -2.29. The molecular weight excluding hydrogens is 278 g/mol. The minimum Gasteiger partial charge on any atom is -0.384 e. The Balaban J connectivity index is 2.84. The lowest BCUT2D eigenvalue weighted by atomic mass is 9.92. The monoisotopic (exact) mass is 299 g/mol. The van der Waals surface area contributed by atoms with Gasteiger partial charge in [0.25, 0.3) is 5.69 Å². The third-order valence-electron chi connectivity index (χ3n) is 2.99. The molecule has 1 rings (SSSR count). The van der Waals surface area contributed by atoms with Gasteiger partial charge in [-0.05, 0) is 38.1 Å². The van der Waals surface area contributed by atoms with Crippen molar-refractivity contribution in [3.8, 4) is 0 Å². The first-order valence-electron chi connectivity index (χ1n) is 6.45. The van der Waals surface area contributed by atoms with Crippen LogP contribution in [-0.2, 0) is 0 Å². The lowest BCUT2D eigenvalue weighted by Crippen LogP contribution is -2.34. The van der Waals surface area contributed by atoms with Gasteiger partial charge in [0.15, 0.2) is 0 Å². The average molecular weight is 300 g/mol. The fraction of sp³-hybridized carbons (Fsp3) is 0.571. The second kappa shape index (κ2) is 6.41. The van der Waals surface area contributed by atoms with Gasteiger partial charge in [-0.15, -0.1) is 0 Å². The van der Waals surface area contributed by atoms with Crippen LogP contribution < -0.4 is 5.32 Å². The molecule has 0 saturated carbocycles. The maximum absolute atomic E-state index is 10.8. The molecule has 1 aromatic rings. The van der Waals surface area contributed by atoms with Crippen LogP contribution in [0.4, 0.5) is 11.4 Å². The average Bonchev–Trinajstić information content (AvgIpc) is 2.27. The minimum absolute atomic E-state index is 0.0535. The van der Waals surface area contributed by atoms with E-state index in [0.29, 0.717) is 0 Å². The van der Waals surface area contributed by atoms with Crippen molar-refractivity contribution >= 4 is 23.0 Å². The van der Waals surface area contributed by atoms with Crippen LogP contribution in [0, 0.1) is 22.5 Å². The van der Waals surface area contributed by atoms with E-state index < -0.39 is 4.92 Å². The molecule has 0 fully saturated rings. The summed E-state index contributed by atoms with van der Waals surface area (Å²) in [7, 11) is 4.07. The van der Waals surface area contributed by atoms with Crippen molar-refractivity contribution < 1.29 is 4.92 Å². The highest BCUT2D eigenvalue weighted by Crippen LogP contribution is 2.31.